The SMILES string of the molecule is CC[C@@]1(c2ccc(NC(=O)Nc3ccc(Cl)c(Cl)c3)cc2)CCC(=O)NC1=O. The van der Waals surface area contributed by atoms with Gasteiger partial charge in [0, 0.05) is 17.8 Å². The first-order valence-electron chi connectivity index (χ1n) is 8.82. The zero-order valence-electron chi connectivity index (χ0n) is 15.1. The van der Waals surface area contributed by atoms with Gasteiger partial charge in [0.15, 0.2) is 0 Å². The molecule has 1 heterocycles. The quantitative estimate of drug-likeness (QED) is 0.626. The molecule has 1 atom stereocenters. The van der Waals surface area contributed by atoms with Crippen LogP contribution in [0.5, 0.6) is 0 Å². The fraction of sp³-hybridized carbons (Fsp3) is 0.250. The zero-order chi connectivity index (χ0) is 20.3. The van der Waals surface area contributed by atoms with E-state index in [2.05, 4.69) is 16.0 Å². The smallest absolute Gasteiger partial charge is 0.308 e. The van der Waals surface area contributed by atoms with Gasteiger partial charge in [0.2, 0.25) is 11.8 Å². The van der Waals surface area contributed by atoms with Gasteiger partial charge in [-0.05, 0) is 48.7 Å². The summed E-state index contributed by atoms with van der Waals surface area (Å²) in [5.74, 6) is -0.518. The van der Waals surface area contributed by atoms with Gasteiger partial charge in [-0.1, -0.05) is 42.3 Å². The van der Waals surface area contributed by atoms with Crippen LogP contribution in [-0.4, -0.2) is 17.8 Å². The van der Waals surface area contributed by atoms with E-state index in [0.717, 1.165) is 5.56 Å². The summed E-state index contributed by atoms with van der Waals surface area (Å²) in [6.07, 6.45) is 1.36. The van der Waals surface area contributed by atoms with Crippen molar-refractivity contribution in [1.82, 2.24) is 5.32 Å². The Balaban J connectivity index is 1.70. The zero-order valence-corrected chi connectivity index (χ0v) is 16.7. The van der Waals surface area contributed by atoms with E-state index in [9.17, 15) is 14.4 Å². The summed E-state index contributed by atoms with van der Waals surface area (Å²) in [6.45, 7) is 1.92. The number of halogens is 2. The topological polar surface area (TPSA) is 87.3 Å². The van der Waals surface area contributed by atoms with Crippen LogP contribution < -0.4 is 16.0 Å². The first-order chi connectivity index (χ1) is 13.3. The predicted molar refractivity (Wildman–Crippen MR) is 110 cm³/mol. The number of amides is 4. The third kappa shape index (κ3) is 4.13. The maximum absolute atomic E-state index is 12.4. The van der Waals surface area contributed by atoms with Crippen LogP contribution >= 0.6 is 23.2 Å². The number of piperidine rings is 1. The molecule has 0 spiro atoms. The molecule has 3 rings (SSSR count). The normalized spacial score (nSPS) is 19.1. The van der Waals surface area contributed by atoms with Crippen molar-refractivity contribution in [1.29, 1.82) is 0 Å². The molecule has 0 bridgehead atoms. The first-order valence-corrected chi connectivity index (χ1v) is 9.57. The summed E-state index contributed by atoms with van der Waals surface area (Å²) in [5.41, 5.74) is 1.17. The van der Waals surface area contributed by atoms with Gasteiger partial charge >= 0.3 is 6.03 Å². The van der Waals surface area contributed by atoms with Crippen molar-refractivity contribution in [3.63, 3.8) is 0 Å². The minimum atomic E-state index is -0.727. The van der Waals surface area contributed by atoms with E-state index in [1.54, 1.807) is 42.5 Å². The Bertz CT molecular complexity index is 931. The van der Waals surface area contributed by atoms with E-state index < -0.39 is 11.4 Å². The third-order valence-corrected chi connectivity index (χ3v) is 5.68. The molecule has 1 fully saturated rings. The van der Waals surface area contributed by atoms with Gasteiger partial charge in [-0.15, -0.1) is 0 Å². The van der Waals surface area contributed by atoms with Crippen molar-refractivity contribution >= 4 is 52.4 Å². The summed E-state index contributed by atoms with van der Waals surface area (Å²) >= 11 is 11.8. The molecular formula is C20H19Cl2N3O3. The minimum absolute atomic E-state index is 0.244. The summed E-state index contributed by atoms with van der Waals surface area (Å²) in [5, 5.41) is 8.57. The number of nitrogens with one attached hydrogen (secondary N) is 3. The fourth-order valence-electron chi connectivity index (χ4n) is 3.31. The van der Waals surface area contributed by atoms with Crippen LogP contribution in [0.1, 0.15) is 31.7 Å². The standard InChI is InChI=1S/C20H19Cl2N3O3/c1-2-20(10-9-17(26)25-18(20)27)12-3-5-13(6-4-12)23-19(28)24-14-7-8-15(21)16(22)11-14/h3-8,11H,2,9-10H2,1H3,(H2,23,24,28)(H,25,26,27)/t20-/m0/s1. The number of rotatable bonds is 4. The molecule has 0 unspecified atom stereocenters. The van der Waals surface area contributed by atoms with Crippen LogP contribution in [0.25, 0.3) is 0 Å². The maximum Gasteiger partial charge on any atom is 0.323 e. The lowest BCUT2D eigenvalue weighted by Gasteiger charge is -2.35. The Morgan fingerprint density at radius 2 is 1.68 bits per heavy atom. The Hall–Kier alpha value is -2.57. The van der Waals surface area contributed by atoms with E-state index in [-0.39, 0.29) is 11.8 Å². The Kier molecular flexibility index (Phi) is 5.91. The third-order valence-electron chi connectivity index (χ3n) is 4.94. The number of hydrogen-bond donors (Lipinski definition) is 3. The maximum atomic E-state index is 12.4. The molecule has 0 aromatic heterocycles. The molecule has 1 saturated heterocycles. The molecule has 146 valence electrons. The van der Waals surface area contributed by atoms with Crippen molar-refractivity contribution in [2.75, 3.05) is 10.6 Å². The first kappa shape index (κ1) is 20.2. The lowest BCUT2D eigenvalue weighted by molar-refractivity contribution is -0.138. The van der Waals surface area contributed by atoms with Gasteiger partial charge in [0.25, 0.3) is 0 Å². The highest BCUT2D eigenvalue weighted by Gasteiger charge is 2.42. The molecular weight excluding hydrogens is 401 g/mol. The molecule has 0 saturated carbocycles. The number of anilines is 2. The van der Waals surface area contributed by atoms with E-state index >= 15 is 0 Å². The van der Waals surface area contributed by atoms with E-state index in [1.165, 1.54) is 0 Å². The summed E-state index contributed by atoms with van der Waals surface area (Å²) < 4.78 is 0. The van der Waals surface area contributed by atoms with Gasteiger partial charge in [-0.2, -0.15) is 0 Å². The number of carbonyl (C=O) groups excluding carboxylic acids is 3. The molecule has 3 N–H and O–H groups in total. The Morgan fingerprint density at radius 3 is 2.29 bits per heavy atom. The number of carbonyl (C=O) groups is 3. The Labute approximate surface area is 172 Å². The van der Waals surface area contributed by atoms with Crippen molar-refractivity contribution in [2.24, 2.45) is 0 Å². The molecule has 0 aliphatic carbocycles. The second-order valence-corrected chi connectivity index (χ2v) is 7.41. The van der Waals surface area contributed by atoms with Gasteiger partial charge in [0.05, 0.1) is 15.5 Å². The van der Waals surface area contributed by atoms with Crippen LogP contribution in [0.15, 0.2) is 42.5 Å². The lowest BCUT2D eigenvalue weighted by Crippen LogP contribution is -2.51. The molecule has 8 heteroatoms. The number of hydrogen-bond acceptors (Lipinski definition) is 3. The summed E-state index contributed by atoms with van der Waals surface area (Å²) in [6, 6.07) is 11.4. The predicted octanol–water partition coefficient (Wildman–Crippen LogP) is 4.72. The van der Waals surface area contributed by atoms with Gasteiger partial charge in [0.1, 0.15) is 0 Å². The second-order valence-electron chi connectivity index (χ2n) is 6.60. The number of urea groups is 1. The Morgan fingerprint density at radius 1 is 1.04 bits per heavy atom. The average molecular weight is 420 g/mol. The highest BCUT2D eigenvalue weighted by Crippen LogP contribution is 2.36. The fourth-order valence-corrected chi connectivity index (χ4v) is 3.60. The molecule has 1 aliphatic rings. The molecule has 1 aliphatic heterocycles. The van der Waals surface area contributed by atoms with Gasteiger partial charge < -0.3 is 10.6 Å². The number of benzene rings is 2. The summed E-state index contributed by atoms with van der Waals surface area (Å²) in [7, 11) is 0. The van der Waals surface area contributed by atoms with Crippen LogP contribution in [0.4, 0.5) is 16.2 Å². The lowest BCUT2D eigenvalue weighted by atomic mass is 9.72. The number of imide groups is 1. The molecule has 0 radical (unpaired) electrons. The molecule has 28 heavy (non-hydrogen) atoms. The van der Waals surface area contributed by atoms with Crippen molar-refractivity contribution in [3.05, 3.63) is 58.1 Å². The molecule has 6 nitrogen and oxygen atoms in total. The molecule has 4 amide bonds. The van der Waals surface area contributed by atoms with Crippen molar-refractivity contribution in [2.45, 2.75) is 31.6 Å². The van der Waals surface area contributed by atoms with Crippen molar-refractivity contribution < 1.29 is 14.4 Å². The van der Waals surface area contributed by atoms with Crippen molar-refractivity contribution in [3.8, 4) is 0 Å². The highest BCUT2D eigenvalue weighted by atomic mass is 35.5. The molecule has 2 aromatic carbocycles. The van der Waals surface area contributed by atoms with Gasteiger partial charge in [-0.25, -0.2) is 4.79 Å². The van der Waals surface area contributed by atoms with Crippen LogP contribution in [0.2, 0.25) is 10.0 Å². The monoisotopic (exact) mass is 419 g/mol. The van der Waals surface area contributed by atoms with Gasteiger partial charge in [-0.3, -0.25) is 14.9 Å². The van der Waals surface area contributed by atoms with Crippen LogP contribution in [0.3, 0.4) is 0 Å². The van der Waals surface area contributed by atoms with Crippen LogP contribution in [0, 0.1) is 0 Å². The average Bonchev–Trinajstić information content (AvgIpc) is 2.66. The van der Waals surface area contributed by atoms with E-state index in [1.807, 2.05) is 6.92 Å². The second kappa shape index (κ2) is 8.20. The van der Waals surface area contributed by atoms with E-state index in [0.29, 0.717) is 40.7 Å². The summed E-state index contributed by atoms with van der Waals surface area (Å²) in [4.78, 5) is 36.1. The molecule has 2 aromatic rings. The minimum Gasteiger partial charge on any atom is -0.308 e. The van der Waals surface area contributed by atoms with Crippen LogP contribution in [-0.2, 0) is 15.0 Å². The van der Waals surface area contributed by atoms with E-state index in [4.69, 9.17) is 23.2 Å². The largest absolute Gasteiger partial charge is 0.323 e. The highest BCUT2D eigenvalue weighted by molar-refractivity contribution is 6.42.